The Morgan fingerprint density at radius 3 is 2.24 bits per heavy atom. The fourth-order valence-corrected chi connectivity index (χ4v) is 2.69. The van der Waals surface area contributed by atoms with E-state index in [4.69, 9.17) is 0 Å². The van der Waals surface area contributed by atoms with Gasteiger partial charge in [-0.15, -0.1) is 0 Å². The lowest BCUT2D eigenvalue weighted by Crippen LogP contribution is -2.21. The Morgan fingerprint density at radius 1 is 0.857 bits per heavy atom. The number of nitrogens with one attached hydrogen (secondary N) is 1. The van der Waals surface area contributed by atoms with Crippen LogP contribution in [0.1, 0.15) is 28.3 Å². The lowest BCUT2D eigenvalue weighted by molar-refractivity contribution is 0.756. The first-order chi connectivity index (χ1) is 10.2. The molecule has 0 radical (unpaired) electrons. The molecule has 2 nitrogen and oxygen atoms in total. The first-order valence-electron chi connectivity index (χ1n) is 7.25. The van der Waals surface area contributed by atoms with Gasteiger partial charge >= 0.3 is 0 Å². The molecular weight excluding hydrogens is 256 g/mol. The second kappa shape index (κ2) is 5.88. The Balaban J connectivity index is 2.03. The fourth-order valence-electron chi connectivity index (χ4n) is 2.69. The molecule has 0 fully saturated rings. The first kappa shape index (κ1) is 13.5. The van der Waals surface area contributed by atoms with Gasteiger partial charge in [0.05, 0.1) is 6.04 Å². The molecule has 0 bridgehead atoms. The van der Waals surface area contributed by atoms with Gasteiger partial charge in [-0.25, -0.2) is 0 Å². The third kappa shape index (κ3) is 3.00. The van der Waals surface area contributed by atoms with E-state index in [1.165, 1.54) is 22.3 Å². The van der Waals surface area contributed by atoms with Gasteiger partial charge in [0.15, 0.2) is 0 Å². The van der Waals surface area contributed by atoms with Crippen LogP contribution in [0.5, 0.6) is 0 Å². The molecule has 0 aliphatic carbocycles. The molecule has 1 aromatic heterocycles. The van der Waals surface area contributed by atoms with E-state index in [0.717, 1.165) is 0 Å². The molecule has 0 saturated heterocycles. The molecular formula is C19H20N2. The molecule has 0 spiro atoms. The van der Waals surface area contributed by atoms with Crippen LogP contribution in [0.2, 0.25) is 0 Å². The highest BCUT2D eigenvalue weighted by Crippen LogP contribution is 2.26. The van der Waals surface area contributed by atoms with Crippen LogP contribution in [0, 0.1) is 13.8 Å². The summed E-state index contributed by atoms with van der Waals surface area (Å²) in [5, 5.41) is 0. The van der Waals surface area contributed by atoms with Crippen molar-refractivity contribution in [3.05, 3.63) is 95.3 Å². The fraction of sp³-hybridized carbons (Fsp3) is 0.158. The van der Waals surface area contributed by atoms with Crippen LogP contribution in [0.4, 0.5) is 0 Å². The van der Waals surface area contributed by atoms with Gasteiger partial charge in [-0.1, -0.05) is 54.1 Å². The number of hydrogen-bond donors (Lipinski definition) is 1. The maximum atomic E-state index is 3.57. The first-order valence-corrected chi connectivity index (χ1v) is 7.25. The number of nitrogens with zero attached hydrogens (tertiary/aromatic N) is 1. The van der Waals surface area contributed by atoms with Gasteiger partial charge in [0.25, 0.3) is 0 Å². The molecule has 0 aliphatic rings. The summed E-state index contributed by atoms with van der Waals surface area (Å²) >= 11 is 0. The summed E-state index contributed by atoms with van der Waals surface area (Å²) in [5.41, 5.74) is 8.74. The zero-order valence-corrected chi connectivity index (χ0v) is 12.5. The predicted molar refractivity (Wildman–Crippen MR) is 88.0 cm³/mol. The van der Waals surface area contributed by atoms with Crippen molar-refractivity contribution in [1.29, 1.82) is 0 Å². The molecule has 1 N–H and O–H groups in total. The summed E-state index contributed by atoms with van der Waals surface area (Å²) in [4.78, 5) is 0. The van der Waals surface area contributed by atoms with E-state index < -0.39 is 0 Å². The maximum Gasteiger partial charge on any atom is 0.0926 e. The van der Waals surface area contributed by atoms with Crippen molar-refractivity contribution < 1.29 is 0 Å². The molecule has 3 rings (SSSR count). The minimum Gasteiger partial charge on any atom is -0.314 e. The van der Waals surface area contributed by atoms with Gasteiger partial charge < -0.3 is 5.43 Å². The highest BCUT2D eigenvalue weighted by Gasteiger charge is 2.15. The third-order valence-electron chi connectivity index (χ3n) is 3.75. The van der Waals surface area contributed by atoms with Crippen molar-refractivity contribution in [2.45, 2.75) is 19.9 Å². The number of aryl methyl sites for hydroxylation is 2. The Morgan fingerprint density at radius 2 is 1.57 bits per heavy atom. The quantitative estimate of drug-likeness (QED) is 0.745. The smallest absolute Gasteiger partial charge is 0.0926 e. The van der Waals surface area contributed by atoms with Gasteiger partial charge in [-0.2, -0.15) is 0 Å². The Kier molecular flexibility index (Phi) is 3.78. The number of hydrogen-bond acceptors (Lipinski definition) is 1. The lowest BCUT2D eigenvalue weighted by atomic mass is 9.94. The molecule has 0 saturated carbocycles. The summed E-state index contributed by atoms with van der Waals surface area (Å²) in [5.74, 6) is 0. The van der Waals surface area contributed by atoms with Gasteiger partial charge in [-0.05, 0) is 42.7 Å². The van der Waals surface area contributed by atoms with E-state index in [9.17, 15) is 0 Å². The lowest BCUT2D eigenvalue weighted by Gasteiger charge is -2.23. The van der Waals surface area contributed by atoms with Crippen molar-refractivity contribution in [2.24, 2.45) is 0 Å². The number of aromatic nitrogens is 1. The monoisotopic (exact) mass is 276 g/mol. The standard InChI is InChI=1S/C19H20N2/c1-15-10-11-18(16(2)14-15)19(17-8-4-3-5-9-17)20-21-12-6-7-13-21/h3-14,19-20H,1-2H3. The van der Waals surface area contributed by atoms with Crippen LogP contribution in [0.3, 0.4) is 0 Å². The topological polar surface area (TPSA) is 17.0 Å². The van der Waals surface area contributed by atoms with E-state index in [1.54, 1.807) is 0 Å². The average molecular weight is 276 g/mol. The zero-order chi connectivity index (χ0) is 14.7. The van der Waals surface area contributed by atoms with Crippen LogP contribution < -0.4 is 5.43 Å². The molecule has 106 valence electrons. The summed E-state index contributed by atoms with van der Waals surface area (Å²) in [7, 11) is 0. The normalized spacial score (nSPS) is 12.1. The van der Waals surface area contributed by atoms with E-state index in [-0.39, 0.29) is 6.04 Å². The molecule has 0 amide bonds. The van der Waals surface area contributed by atoms with Gasteiger partial charge in [0.2, 0.25) is 0 Å². The highest BCUT2D eigenvalue weighted by atomic mass is 15.4. The largest absolute Gasteiger partial charge is 0.314 e. The van der Waals surface area contributed by atoms with Gasteiger partial charge in [-0.3, -0.25) is 4.68 Å². The van der Waals surface area contributed by atoms with Crippen molar-refractivity contribution in [3.8, 4) is 0 Å². The van der Waals surface area contributed by atoms with E-state index in [1.807, 2.05) is 29.2 Å². The molecule has 0 aliphatic heterocycles. The van der Waals surface area contributed by atoms with Crippen molar-refractivity contribution >= 4 is 0 Å². The predicted octanol–water partition coefficient (Wildman–Crippen LogP) is 4.44. The molecule has 21 heavy (non-hydrogen) atoms. The van der Waals surface area contributed by atoms with E-state index in [0.29, 0.717) is 0 Å². The average Bonchev–Trinajstić information content (AvgIpc) is 2.99. The third-order valence-corrected chi connectivity index (χ3v) is 3.75. The van der Waals surface area contributed by atoms with Crippen LogP contribution >= 0.6 is 0 Å². The molecule has 2 heteroatoms. The second-order valence-electron chi connectivity index (χ2n) is 5.42. The molecule has 2 aromatic carbocycles. The molecule has 1 heterocycles. The van der Waals surface area contributed by atoms with Crippen LogP contribution in [0.15, 0.2) is 73.1 Å². The van der Waals surface area contributed by atoms with Gasteiger partial charge in [0.1, 0.15) is 0 Å². The highest BCUT2D eigenvalue weighted by molar-refractivity contribution is 5.40. The zero-order valence-electron chi connectivity index (χ0n) is 12.5. The van der Waals surface area contributed by atoms with E-state index >= 15 is 0 Å². The van der Waals surface area contributed by atoms with Crippen LogP contribution in [0.25, 0.3) is 0 Å². The SMILES string of the molecule is Cc1ccc(C(Nn2cccc2)c2ccccc2)c(C)c1. The summed E-state index contributed by atoms with van der Waals surface area (Å²) < 4.78 is 2.01. The molecule has 1 unspecified atom stereocenters. The van der Waals surface area contributed by atoms with Crippen LogP contribution in [-0.2, 0) is 0 Å². The van der Waals surface area contributed by atoms with Crippen LogP contribution in [-0.4, -0.2) is 4.68 Å². The van der Waals surface area contributed by atoms with Crippen molar-refractivity contribution in [3.63, 3.8) is 0 Å². The Bertz CT molecular complexity index is 700. The molecule has 3 aromatic rings. The van der Waals surface area contributed by atoms with Gasteiger partial charge in [0, 0.05) is 12.4 Å². The van der Waals surface area contributed by atoms with E-state index in [2.05, 4.69) is 67.8 Å². The number of rotatable bonds is 4. The minimum atomic E-state index is 0.138. The van der Waals surface area contributed by atoms with Crippen molar-refractivity contribution in [1.82, 2.24) is 4.68 Å². The summed E-state index contributed by atoms with van der Waals surface area (Å²) in [6.07, 6.45) is 4.05. The summed E-state index contributed by atoms with van der Waals surface area (Å²) in [6.45, 7) is 4.31. The Hall–Kier alpha value is -2.48. The minimum absolute atomic E-state index is 0.138. The second-order valence-corrected chi connectivity index (χ2v) is 5.42. The Labute approximate surface area is 126 Å². The number of benzene rings is 2. The molecule has 1 atom stereocenters. The summed E-state index contributed by atoms with van der Waals surface area (Å²) in [6, 6.07) is 21.4. The van der Waals surface area contributed by atoms with Crippen molar-refractivity contribution in [2.75, 3.05) is 5.43 Å². The maximum absolute atomic E-state index is 3.57.